The van der Waals surface area contributed by atoms with Crippen molar-refractivity contribution < 1.29 is 117 Å². The maximum atomic E-state index is 13.0. The minimum Gasteiger partial charge on any atom is -0.479 e. The molecule has 60 heteroatoms. The van der Waals surface area contributed by atoms with Crippen LogP contribution >= 0.6 is 0 Å². The number of nitrogens with zero attached hydrogens (tertiary/aromatic N) is 25. The number of aliphatic carboxylic acids is 4. The molecular formula is C88H113F9N30O21. The highest BCUT2D eigenvalue weighted by Crippen LogP contribution is 2.29. The largest absolute Gasteiger partial charge is 0.490 e. The van der Waals surface area contributed by atoms with Gasteiger partial charge in [0, 0.05) is 173 Å². The van der Waals surface area contributed by atoms with Crippen LogP contribution in [0.4, 0.5) is 69.3 Å². The number of imidazole rings is 5. The van der Waals surface area contributed by atoms with Gasteiger partial charge in [-0.05, 0) is 48.5 Å². The van der Waals surface area contributed by atoms with Gasteiger partial charge in [0.15, 0.2) is 69.0 Å². The average molecular weight is 2100 g/mol. The van der Waals surface area contributed by atoms with Gasteiger partial charge in [0.1, 0.15) is 6.61 Å². The minimum atomic E-state index is -5.08. The fourth-order valence-electron chi connectivity index (χ4n) is 14.2. The Hall–Kier alpha value is -16.0. The van der Waals surface area contributed by atoms with Gasteiger partial charge in [-0.25, -0.2) is 24.0 Å². The van der Waals surface area contributed by atoms with Crippen molar-refractivity contribution in [3.8, 4) is 89.3 Å². The molecule has 15 rings (SSSR count). The normalized spacial score (nSPS) is 13.9. The molecule has 0 saturated carbocycles. The van der Waals surface area contributed by atoms with E-state index in [0.717, 1.165) is 149 Å². The Labute approximate surface area is 836 Å². The second kappa shape index (κ2) is 55.4. The molecule has 0 unspecified atom stereocenters. The third-order valence-electron chi connectivity index (χ3n) is 21.3. The lowest BCUT2D eigenvalue weighted by atomic mass is 10.4. The zero-order valence-electron chi connectivity index (χ0n) is 83.2. The molecule has 0 radical (unpaired) electrons. The molecule has 9 N–H and O–H groups in total. The Morgan fingerprint density at radius 1 is 0.324 bits per heavy atom. The van der Waals surface area contributed by atoms with Crippen LogP contribution in [0.2, 0.25) is 0 Å². The topological polar surface area (TPSA) is 571 Å². The molecule has 0 amide bonds. The zero-order chi connectivity index (χ0) is 109. The number of hydrogen-bond donors (Lipinski definition) is 9. The third kappa shape index (κ3) is 30.8. The first kappa shape index (κ1) is 117. The smallest absolute Gasteiger partial charge is 0.479 e. The Bertz CT molecular complexity index is 6930. The molecule has 5 aliphatic heterocycles. The van der Waals surface area contributed by atoms with Gasteiger partial charge in [0.05, 0.1) is 59.7 Å². The van der Waals surface area contributed by atoms with Gasteiger partial charge < -0.3 is 105 Å². The summed E-state index contributed by atoms with van der Waals surface area (Å²) in [5.74, 6) is 22.9. The minimum absolute atomic E-state index is 0.0173. The van der Waals surface area contributed by atoms with Crippen molar-refractivity contribution in [2.45, 2.75) is 99.7 Å². The standard InChI is InChI=1S/C18H24N6O4.C17H24N6O3.C16H20N6O4.C16H22N6O2.C15H20N6O2.3C2HF3O2/c1-4-6-9-24-14-15(20-17(24)23-10-7-19-8-11-23)21-18(22(3)16(14)26)28-12-13(25)27-5-2;1-4-5-8-23-13-14(19-16(23)22-9-6-18-7-10-22)20-17(21(2)15(13)24)26-12-11-25-3;1-3-4-7-22-12-13(18-15(22)21-8-5-17-6-9-21)19-16(20(2)14(12)25)26-10-11(23)24;1-4-6-9-22-12-13(18-15(22)21-10-7-17-8-11-21)19-16(24-5-2)20(3)14(12)23;1-4-5-8-21-11-12(18-15(23-3)19(2)13(11)22)17-14(21)20-9-6-16-7-10-20;3*3-2(4,5)1(6)7/h19H,5,7-12H2,1-3H3;18H,6-12H2,1-3H3;17H,5-10H2,1-2H3,(H,23,24);17H,5,7-11H2,1-3H3;16H,6-10H2,1-3H3;3*(H,6,7). The SMILES string of the molecule is CC#CCn1c(N2CCNCC2)nc2nc(OC)n(C)c(=O)c21.CC#CCn1c(N2CCNCC2)nc2nc(OCC(=O)O)n(C)c(=O)c21.CC#CCn1c(N2CCNCC2)nc2nc(OCC(=O)OCC)n(C)c(=O)c21.CC#CCn1c(N2CCNCC2)nc2nc(OCC)n(C)c(=O)c21.CC#CCn1c(N2CCNCC2)nc2nc(OCCOC)n(C)c(=O)c21.O=C(O)C(F)(F)F.O=C(O)C(F)(F)F.O=C(O)C(F)(F)F. The molecule has 0 bridgehead atoms. The molecule has 0 spiro atoms. The Kier molecular flexibility index (Phi) is 43.9. The van der Waals surface area contributed by atoms with Gasteiger partial charge >= 0.3 is 78.4 Å². The molecule has 51 nitrogen and oxygen atoms in total. The highest BCUT2D eigenvalue weighted by atomic mass is 19.4. The summed E-state index contributed by atoms with van der Waals surface area (Å²) >= 11 is 0. The lowest BCUT2D eigenvalue weighted by Crippen LogP contribution is -2.44. The number of carbonyl (C=O) groups is 5. The fourth-order valence-corrected chi connectivity index (χ4v) is 14.2. The van der Waals surface area contributed by atoms with Crippen molar-refractivity contribution in [2.24, 2.45) is 35.2 Å². The van der Waals surface area contributed by atoms with E-state index in [1.807, 2.05) is 20.6 Å². The second-order valence-corrected chi connectivity index (χ2v) is 31.1. The van der Waals surface area contributed by atoms with Gasteiger partial charge in [-0.2, -0.15) is 89.4 Å². The summed E-state index contributed by atoms with van der Waals surface area (Å²) in [5.41, 5.74) is 2.53. The van der Waals surface area contributed by atoms with Crippen LogP contribution in [0.25, 0.3) is 55.8 Å². The maximum absolute atomic E-state index is 13.0. The van der Waals surface area contributed by atoms with Gasteiger partial charge in [0.2, 0.25) is 29.7 Å². The first-order chi connectivity index (χ1) is 70.4. The van der Waals surface area contributed by atoms with Crippen LogP contribution in [0, 0.1) is 59.2 Å². The van der Waals surface area contributed by atoms with Crippen LogP contribution < -0.4 is 103 Å². The average Bonchev–Trinajstić information content (AvgIpc) is 1.63. The first-order valence-electron chi connectivity index (χ1n) is 45.4. The van der Waals surface area contributed by atoms with E-state index >= 15 is 0 Å². The molecule has 10 aromatic heterocycles. The number of piperazine rings is 5. The van der Waals surface area contributed by atoms with Gasteiger partial charge in [-0.3, -0.25) is 69.6 Å². The highest BCUT2D eigenvalue weighted by molar-refractivity contribution is 5.80. The zero-order valence-corrected chi connectivity index (χ0v) is 83.2. The fraction of sp³-hybridized carbons (Fsp3) is 0.545. The molecular weight excluding hydrogens is 1980 g/mol. The van der Waals surface area contributed by atoms with Crippen molar-refractivity contribution >= 4 is 115 Å². The second-order valence-electron chi connectivity index (χ2n) is 31.1. The monoisotopic (exact) mass is 2100 g/mol. The molecule has 148 heavy (non-hydrogen) atoms. The van der Waals surface area contributed by atoms with Gasteiger partial charge in [0.25, 0.3) is 27.8 Å². The number of nitrogens with one attached hydrogen (secondary N) is 5. The molecule has 0 aromatic carbocycles. The maximum Gasteiger partial charge on any atom is 0.490 e. The van der Waals surface area contributed by atoms with Crippen molar-refractivity contribution in [3.63, 3.8) is 0 Å². The number of rotatable bonds is 24. The molecule has 804 valence electrons. The molecule has 5 fully saturated rings. The number of esters is 1. The van der Waals surface area contributed by atoms with E-state index in [1.54, 1.807) is 86.0 Å². The van der Waals surface area contributed by atoms with Crippen molar-refractivity contribution in [2.75, 3.05) is 209 Å². The lowest BCUT2D eigenvalue weighted by molar-refractivity contribution is -0.193. The first-order valence-corrected chi connectivity index (χ1v) is 45.4. The molecule has 15 heterocycles. The van der Waals surface area contributed by atoms with E-state index in [1.165, 1.54) is 37.0 Å². The van der Waals surface area contributed by atoms with E-state index in [9.17, 15) is 73.1 Å². The van der Waals surface area contributed by atoms with Crippen LogP contribution in [0.15, 0.2) is 24.0 Å². The van der Waals surface area contributed by atoms with Crippen molar-refractivity contribution in [1.82, 2.24) is 122 Å². The number of ether oxygens (including phenoxy) is 7. The quantitative estimate of drug-likeness (QED) is 0.0160. The summed E-state index contributed by atoms with van der Waals surface area (Å²) in [7, 11) is 11.1. The molecule has 0 aliphatic carbocycles. The number of hydrogen-bond acceptors (Lipinski definition) is 37. The number of carbonyl (C=O) groups excluding carboxylic acids is 1. The molecule has 0 atom stereocenters. The van der Waals surface area contributed by atoms with E-state index < -0.39 is 55.0 Å². The predicted molar refractivity (Wildman–Crippen MR) is 518 cm³/mol. The number of alkyl halides is 9. The summed E-state index contributed by atoms with van der Waals surface area (Å²) in [5, 5.41) is 46.7. The van der Waals surface area contributed by atoms with Crippen molar-refractivity contribution in [1.29, 1.82) is 0 Å². The number of aromatic nitrogens is 20. The van der Waals surface area contributed by atoms with E-state index in [2.05, 4.69) is 160 Å². The van der Waals surface area contributed by atoms with E-state index in [0.29, 0.717) is 109 Å². The Balaban J connectivity index is 0.000000215. The van der Waals surface area contributed by atoms with E-state index in [4.69, 9.17) is 68.0 Å². The predicted octanol–water partition coefficient (Wildman–Crippen LogP) is -0.448. The van der Waals surface area contributed by atoms with Crippen LogP contribution in [0.1, 0.15) is 48.5 Å². The van der Waals surface area contributed by atoms with Crippen LogP contribution in [0.3, 0.4) is 0 Å². The number of fused-ring (bicyclic) bond motifs is 5. The van der Waals surface area contributed by atoms with Crippen LogP contribution in [-0.2, 0) is 101 Å². The summed E-state index contributed by atoms with van der Waals surface area (Å²) in [4.78, 5) is 169. The Morgan fingerprint density at radius 3 is 0.743 bits per heavy atom. The summed E-state index contributed by atoms with van der Waals surface area (Å²) in [6, 6.07) is 0.706. The number of methoxy groups -OCH3 is 2. The molecule has 10 aromatic rings. The number of halogens is 9. The van der Waals surface area contributed by atoms with Crippen molar-refractivity contribution in [3.05, 3.63) is 51.8 Å². The third-order valence-corrected chi connectivity index (χ3v) is 21.3. The van der Waals surface area contributed by atoms with E-state index in [-0.39, 0.29) is 82.4 Å². The molecule has 5 saturated heterocycles. The Morgan fingerprint density at radius 2 is 0.541 bits per heavy atom. The number of carboxylic acid groups (broad SMARTS) is 4. The summed E-state index contributed by atoms with van der Waals surface area (Å²) in [6.07, 6.45) is -15.3. The van der Waals surface area contributed by atoms with Crippen LogP contribution in [-0.4, -0.2) is 349 Å². The lowest BCUT2D eigenvalue weighted by Gasteiger charge is -2.28. The highest BCUT2D eigenvalue weighted by Gasteiger charge is 2.41. The number of anilines is 5. The van der Waals surface area contributed by atoms with Gasteiger partial charge in [-0.15, -0.1) is 29.6 Å². The van der Waals surface area contributed by atoms with Gasteiger partial charge in [-0.1, -0.05) is 29.6 Å². The van der Waals surface area contributed by atoms with Crippen LogP contribution in [0.5, 0.6) is 30.1 Å². The number of carboxylic acids is 4. The summed E-state index contributed by atoms with van der Waals surface area (Å²) in [6.45, 7) is 31.4. The summed E-state index contributed by atoms with van der Waals surface area (Å²) < 4.78 is 147. The molecule has 5 aliphatic rings.